The molecule has 1 aromatic carbocycles. The second-order valence-corrected chi connectivity index (χ2v) is 3.86. The molecule has 0 saturated heterocycles. The minimum absolute atomic E-state index is 0.0586. The van der Waals surface area contributed by atoms with Crippen molar-refractivity contribution in [3.05, 3.63) is 35.4 Å². The van der Waals surface area contributed by atoms with Crippen LogP contribution in [0.4, 0.5) is 0 Å². The van der Waals surface area contributed by atoms with Crippen molar-refractivity contribution in [3.63, 3.8) is 0 Å². The second-order valence-electron chi connectivity index (χ2n) is 3.86. The summed E-state index contributed by atoms with van der Waals surface area (Å²) in [5, 5.41) is 1.67. The highest BCUT2D eigenvalue weighted by atomic mass is 16.2. The van der Waals surface area contributed by atoms with Crippen LogP contribution in [0.3, 0.4) is 0 Å². The summed E-state index contributed by atoms with van der Waals surface area (Å²) in [5.41, 5.74) is 5.21. The Kier molecular flexibility index (Phi) is 4.31. The smallest absolute Gasteiger partial charge is 0.234 e. The van der Waals surface area contributed by atoms with E-state index in [0.717, 1.165) is 6.42 Å². The Balaban J connectivity index is 2.44. The highest BCUT2D eigenvalue weighted by Crippen LogP contribution is 2.09. The van der Waals surface area contributed by atoms with Crippen LogP contribution in [-0.4, -0.2) is 25.0 Å². The molecular formula is C12H18N2O. The fourth-order valence-electron chi connectivity index (χ4n) is 1.44. The largest absolute Gasteiger partial charge is 0.289 e. The number of carbonyl (C=O) groups excluding carboxylic acids is 1. The molecule has 0 bridgehead atoms. The molecule has 0 aliphatic rings. The van der Waals surface area contributed by atoms with Crippen LogP contribution in [-0.2, 0) is 11.2 Å². The number of hydrogen-bond donors (Lipinski definition) is 1. The van der Waals surface area contributed by atoms with Crippen LogP contribution in [0, 0.1) is 6.92 Å². The van der Waals surface area contributed by atoms with Crippen molar-refractivity contribution < 1.29 is 4.79 Å². The van der Waals surface area contributed by atoms with Crippen molar-refractivity contribution in [1.29, 1.82) is 0 Å². The van der Waals surface area contributed by atoms with Crippen molar-refractivity contribution in [3.8, 4) is 0 Å². The summed E-state index contributed by atoms with van der Waals surface area (Å²) in [6.07, 6.45) is 1.33. The fraction of sp³-hybridized carbons (Fsp3) is 0.417. The summed E-state index contributed by atoms with van der Waals surface area (Å²) in [7, 11) is 3.62. The maximum atomic E-state index is 11.4. The van der Waals surface area contributed by atoms with Gasteiger partial charge in [0.25, 0.3) is 0 Å². The Labute approximate surface area is 91.1 Å². The zero-order valence-corrected chi connectivity index (χ0v) is 9.58. The van der Waals surface area contributed by atoms with Gasteiger partial charge in [-0.1, -0.05) is 24.3 Å². The van der Waals surface area contributed by atoms with E-state index in [2.05, 4.69) is 24.5 Å². The molecule has 0 atom stereocenters. The maximum absolute atomic E-state index is 11.4. The third kappa shape index (κ3) is 4.13. The lowest BCUT2D eigenvalue weighted by Crippen LogP contribution is -2.36. The van der Waals surface area contributed by atoms with Gasteiger partial charge in [-0.2, -0.15) is 0 Å². The summed E-state index contributed by atoms with van der Waals surface area (Å²) < 4.78 is 0. The molecule has 0 unspecified atom stereocenters. The second kappa shape index (κ2) is 5.51. The van der Waals surface area contributed by atoms with Gasteiger partial charge in [0, 0.05) is 20.5 Å². The van der Waals surface area contributed by atoms with Crippen LogP contribution in [0.1, 0.15) is 17.5 Å². The highest BCUT2D eigenvalue weighted by molar-refractivity contribution is 5.75. The Hall–Kier alpha value is -1.35. The number of hydrogen-bond acceptors (Lipinski definition) is 2. The first-order valence-corrected chi connectivity index (χ1v) is 5.11. The molecule has 0 heterocycles. The molecule has 0 fully saturated rings. The molecule has 1 rings (SSSR count). The zero-order chi connectivity index (χ0) is 11.3. The molecule has 1 N–H and O–H groups in total. The van der Waals surface area contributed by atoms with Crippen LogP contribution in [0.15, 0.2) is 24.3 Å². The Morgan fingerprint density at radius 1 is 1.33 bits per heavy atom. The molecule has 0 spiro atoms. The first-order chi connectivity index (χ1) is 7.09. The molecule has 1 amide bonds. The predicted molar refractivity (Wildman–Crippen MR) is 61.3 cm³/mol. The Morgan fingerprint density at radius 3 is 2.60 bits per heavy atom. The number of carbonyl (C=O) groups is 1. The lowest BCUT2D eigenvalue weighted by atomic mass is 10.0. The van der Waals surface area contributed by atoms with Crippen molar-refractivity contribution in [1.82, 2.24) is 10.4 Å². The van der Waals surface area contributed by atoms with E-state index in [9.17, 15) is 4.79 Å². The van der Waals surface area contributed by atoms with E-state index in [1.807, 2.05) is 26.2 Å². The van der Waals surface area contributed by atoms with E-state index in [1.54, 1.807) is 5.01 Å². The average molecular weight is 206 g/mol. The SMILES string of the molecule is Cc1ccccc1CCC(=O)NN(C)C. The van der Waals surface area contributed by atoms with E-state index in [-0.39, 0.29) is 5.91 Å². The van der Waals surface area contributed by atoms with Gasteiger partial charge >= 0.3 is 0 Å². The van der Waals surface area contributed by atoms with Gasteiger partial charge in [0.05, 0.1) is 0 Å². The number of nitrogens with one attached hydrogen (secondary N) is 1. The third-order valence-corrected chi connectivity index (χ3v) is 2.23. The average Bonchev–Trinajstić information content (AvgIpc) is 2.15. The van der Waals surface area contributed by atoms with Gasteiger partial charge in [-0.15, -0.1) is 0 Å². The predicted octanol–water partition coefficient (Wildman–Crippen LogP) is 1.52. The van der Waals surface area contributed by atoms with Crippen LogP contribution in [0.2, 0.25) is 0 Å². The lowest BCUT2D eigenvalue weighted by molar-refractivity contribution is -0.124. The third-order valence-electron chi connectivity index (χ3n) is 2.23. The van der Waals surface area contributed by atoms with E-state index in [4.69, 9.17) is 0 Å². The van der Waals surface area contributed by atoms with Crippen LogP contribution in [0.25, 0.3) is 0 Å². The monoisotopic (exact) mass is 206 g/mol. The Bertz CT molecular complexity index is 334. The van der Waals surface area contributed by atoms with E-state index < -0.39 is 0 Å². The lowest BCUT2D eigenvalue weighted by Gasteiger charge is -2.12. The zero-order valence-electron chi connectivity index (χ0n) is 9.58. The van der Waals surface area contributed by atoms with E-state index >= 15 is 0 Å². The molecule has 1 aromatic rings. The Morgan fingerprint density at radius 2 is 2.00 bits per heavy atom. The topological polar surface area (TPSA) is 32.3 Å². The minimum atomic E-state index is 0.0586. The summed E-state index contributed by atoms with van der Waals surface area (Å²) in [6, 6.07) is 8.16. The van der Waals surface area contributed by atoms with Crippen LogP contribution >= 0.6 is 0 Å². The molecule has 15 heavy (non-hydrogen) atoms. The number of aryl methyl sites for hydroxylation is 2. The van der Waals surface area contributed by atoms with Gasteiger partial charge in [-0.05, 0) is 24.5 Å². The molecular weight excluding hydrogens is 188 g/mol. The van der Waals surface area contributed by atoms with Crippen LogP contribution in [0.5, 0.6) is 0 Å². The number of benzene rings is 1. The van der Waals surface area contributed by atoms with E-state index in [1.165, 1.54) is 11.1 Å². The molecule has 3 nitrogen and oxygen atoms in total. The summed E-state index contributed by atoms with van der Waals surface area (Å²) >= 11 is 0. The van der Waals surface area contributed by atoms with E-state index in [0.29, 0.717) is 6.42 Å². The molecule has 0 saturated carbocycles. The van der Waals surface area contributed by atoms with Crippen molar-refractivity contribution >= 4 is 5.91 Å². The van der Waals surface area contributed by atoms with Gasteiger partial charge in [0.1, 0.15) is 0 Å². The van der Waals surface area contributed by atoms with Gasteiger partial charge in [0.2, 0.25) is 5.91 Å². The number of hydrazine groups is 1. The standard InChI is InChI=1S/C12H18N2O/c1-10-6-4-5-7-11(10)8-9-12(15)13-14(2)3/h4-7H,8-9H2,1-3H3,(H,13,15). The summed E-state index contributed by atoms with van der Waals surface area (Å²) in [5.74, 6) is 0.0586. The molecule has 0 aromatic heterocycles. The van der Waals surface area contributed by atoms with Gasteiger partial charge in [-0.25, -0.2) is 5.01 Å². The highest BCUT2D eigenvalue weighted by Gasteiger charge is 2.03. The molecule has 0 aliphatic heterocycles. The van der Waals surface area contributed by atoms with Gasteiger partial charge in [-0.3, -0.25) is 10.2 Å². The number of amides is 1. The first-order valence-electron chi connectivity index (χ1n) is 5.11. The van der Waals surface area contributed by atoms with Crippen LogP contribution < -0.4 is 5.43 Å². The van der Waals surface area contributed by atoms with Crippen molar-refractivity contribution in [2.45, 2.75) is 19.8 Å². The first kappa shape index (κ1) is 11.7. The fourth-order valence-corrected chi connectivity index (χ4v) is 1.44. The summed E-state index contributed by atoms with van der Waals surface area (Å²) in [4.78, 5) is 11.4. The molecule has 0 aliphatic carbocycles. The van der Waals surface area contributed by atoms with Crippen molar-refractivity contribution in [2.24, 2.45) is 0 Å². The maximum Gasteiger partial charge on any atom is 0.234 e. The van der Waals surface area contributed by atoms with Crippen molar-refractivity contribution in [2.75, 3.05) is 14.1 Å². The number of nitrogens with zero attached hydrogens (tertiary/aromatic N) is 1. The van der Waals surface area contributed by atoms with Gasteiger partial charge < -0.3 is 0 Å². The molecule has 0 radical (unpaired) electrons. The minimum Gasteiger partial charge on any atom is -0.289 e. The molecule has 3 heteroatoms. The number of rotatable bonds is 4. The summed E-state index contributed by atoms with van der Waals surface area (Å²) in [6.45, 7) is 2.07. The normalized spacial score (nSPS) is 10.4. The molecule has 82 valence electrons. The van der Waals surface area contributed by atoms with Gasteiger partial charge in [0.15, 0.2) is 0 Å². The quantitative estimate of drug-likeness (QED) is 0.758.